The van der Waals surface area contributed by atoms with E-state index in [1.807, 2.05) is 0 Å². The van der Waals surface area contributed by atoms with Gasteiger partial charge in [-0.1, -0.05) is 13.8 Å². The third kappa shape index (κ3) is 3.26. The van der Waals surface area contributed by atoms with E-state index in [0.717, 1.165) is 12.1 Å². The molecular formula is C12H14F2N2O2. The molecule has 0 aliphatic rings. The lowest BCUT2D eigenvalue weighted by Gasteiger charge is -2.19. The Morgan fingerprint density at radius 2 is 1.89 bits per heavy atom. The molecule has 0 aromatic heterocycles. The molecule has 0 radical (unpaired) electrons. The number of benzene rings is 1. The molecule has 0 aliphatic heterocycles. The summed E-state index contributed by atoms with van der Waals surface area (Å²) < 4.78 is 26.0. The minimum Gasteiger partial charge on any atom is -0.368 e. The third-order valence-corrected chi connectivity index (χ3v) is 2.44. The molecule has 0 unspecified atom stereocenters. The largest absolute Gasteiger partial charge is 0.368 e. The van der Waals surface area contributed by atoms with E-state index in [-0.39, 0.29) is 11.5 Å². The van der Waals surface area contributed by atoms with E-state index >= 15 is 0 Å². The molecule has 6 heteroatoms. The van der Waals surface area contributed by atoms with E-state index < -0.39 is 29.5 Å². The molecular weight excluding hydrogens is 242 g/mol. The zero-order valence-corrected chi connectivity index (χ0v) is 10.0. The van der Waals surface area contributed by atoms with Gasteiger partial charge in [-0.25, -0.2) is 8.78 Å². The fraction of sp³-hybridized carbons (Fsp3) is 0.333. The molecule has 1 atom stereocenters. The van der Waals surface area contributed by atoms with Crippen molar-refractivity contribution in [3.8, 4) is 0 Å². The van der Waals surface area contributed by atoms with Crippen LogP contribution in [0.25, 0.3) is 0 Å². The van der Waals surface area contributed by atoms with Crippen molar-refractivity contribution < 1.29 is 18.4 Å². The Morgan fingerprint density at radius 3 is 2.33 bits per heavy atom. The first-order valence-corrected chi connectivity index (χ1v) is 5.38. The first-order chi connectivity index (χ1) is 8.32. The van der Waals surface area contributed by atoms with Crippen LogP contribution in [0.4, 0.5) is 8.78 Å². The summed E-state index contributed by atoms with van der Waals surface area (Å²) in [6.07, 6.45) is 0. The maximum absolute atomic E-state index is 13.3. The highest BCUT2D eigenvalue weighted by Gasteiger charge is 2.23. The summed E-state index contributed by atoms with van der Waals surface area (Å²) >= 11 is 0. The standard InChI is InChI=1S/C12H14F2N2O2/c1-6(2)10(11(15)17)16-12(18)8-4-3-7(13)5-9(8)14/h3-6,10H,1-2H3,(H2,15,17)(H,16,18)/t10-/m0/s1. The lowest BCUT2D eigenvalue weighted by Crippen LogP contribution is -2.47. The molecule has 2 amide bonds. The van der Waals surface area contributed by atoms with Crippen LogP contribution in [0.5, 0.6) is 0 Å². The van der Waals surface area contributed by atoms with Crippen LogP contribution in [0.1, 0.15) is 24.2 Å². The smallest absolute Gasteiger partial charge is 0.254 e. The average molecular weight is 256 g/mol. The van der Waals surface area contributed by atoms with Crippen molar-refractivity contribution in [2.45, 2.75) is 19.9 Å². The number of carbonyl (C=O) groups is 2. The summed E-state index contributed by atoms with van der Waals surface area (Å²) in [7, 11) is 0. The van der Waals surface area contributed by atoms with Gasteiger partial charge in [-0.05, 0) is 18.1 Å². The summed E-state index contributed by atoms with van der Waals surface area (Å²) in [4.78, 5) is 22.8. The van der Waals surface area contributed by atoms with E-state index in [0.29, 0.717) is 6.07 Å². The molecule has 0 heterocycles. The molecule has 0 aliphatic carbocycles. The topological polar surface area (TPSA) is 72.2 Å². The first-order valence-electron chi connectivity index (χ1n) is 5.38. The van der Waals surface area contributed by atoms with Crippen LogP contribution in [-0.2, 0) is 4.79 Å². The van der Waals surface area contributed by atoms with Crippen LogP contribution in [-0.4, -0.2) is 17.9 Å². The van der Waals surface area contributed by atoms with Gasteiger partial charge in [0.1, 0.15) is 17.7 Å². The zero-order valence-electron chi connectivity index (χ0n) is 10.0. The quantitative estimate of drug-likeness (QED) is 0.849. The maximum atomic E-state index is 13.3. The highest BCUT2D eigenvalue weighted by Crippen LogP contribution is 2.10. The fourth-order valence-corrected chi connectivity index (χ4v) is 1.46. The number of amides is 2. The van der Waals surface area contributed by atoms with Crippen molar-refractivity contribution in [2.24, 2.45) is 11.7 Å². The molecule has 1 aromatic carbocycles. The van der Waals surface area contributed by atoms with Crippen molar-refractivity contribution in [1.82, 2.24) is 5.32 Å². The normalized spacial score (nSPS) is 12.3. The van der Waals surface area contributed by atoms with Crippen LogP contribution < -0.4 is 11.1 Å². The highest BCUT2D eigenvalue weighted by atomic mass is 19.1. The second kappa shape index (κ2) is 5.57. The van der Waals surface area contributed by atoms with Crippen LogP contribution >= 0.6 is 0 Å². The second-order valence-corrected chi connectivity index (χ2v) is 4.22. The van der Waals surface area contributed by atoms with Crippen LogP contribution in [0.15, 0.2) is 18.2 Å². The third-order valence-electron chi connectivity index (χ3n) is 2.44. The number of halogens is 2. The number of hydrogen-bond donors (Lipinski definition) is 2. The van der Waals surface area contributed by atoms with Gasteiger partial charge in [0.2, 0.25) is 5.91 Å². The zero-order chi connectivity index (χ0) is 13.9. The van der Waals surface area contributed by atoms with E-state index in [1.165, 1.54) is 0 Å². The molecule has 0 fully saturated rings. The number of hydrogen-bond acceptors (Lipinski definition) is 2. The minimum atomic E-state index is -0.987. The fourth-order valence-electron chi connectivity index (χ4n) is 1.46. The Hall–Kier alpha value is -1.98. The van der Waals surface area contributed by atoms with Crippen molar-refractivity contribution in [1.29, 1.82) is 0 Å². The summed E-state index contributed by atoms with van der Waals surface area (Å²) in [6, 6.07) is 1.68. The number of primary amides is 1. The van der Waals surface area contributed by atoms with Gasteiger partial charge >= 0.3 is 0 Å². The number of rotatable bonds is 4. The Labute approximate surface area is 103 Å². The number of carbonyl (C=O) groups excluding carboxylic acids is 2. The van der Waals surface area contributed by atoms with Crippen molar-refractivity contribution >= 4 is 11.8 Å². The summed E-state index contributed by atoms with van der Waals surface area (Å²) in [5, 5.41) is 2.32. The van der Waals surface area contributed by atoms with E-state index in [1.54, 1.807) is 13.8 Å². The Morgan fingerprint density at radius 1 is 1.28 bits per heavy atom. The van der Waals surface area contributed by atoms with Crippen molar-refractivity contribution in [2.75, 3.05) is 0 Å². The highest BCUT2D eigenvalue weighted by molar-refractivity contribution is 5.97. The van der Waals surface area contributed by atoms with Crippen molar-refractivity contribution in [3.63, 3.8) is 0 Å². The Balaban J connectivity index is 2.91. The van der Waals surface area contributed by atoms with Gasteiger partial charge in [0.05, 0.1) is 5.56 Å². The minimum absolute atomic E-state index is 0.227. The van der Waals surface area contributed by atoms with E-state index in [2.05, 4.69) is 5.32 Å². The first kappa shape index (κ1) is 14.1. The summed E-state index contributed by atoms with van der Waals surface area (Å²) in [5.41, 5.74) is 4.79. The second-order valence-electron chi connectivity index (χ2n) is 4.22. The monoisotopic (exact) mass is 256 g/mol. The molecule has 0 saturated heterocycles. The van der Waals surface area contributed by atoms with Gasteiger partial charge < -0.3 is 11.1 Å². The van der Waals surface area contributed by atoms with Gasteiger partial charge in [0, 0.05) is 6.07 Å². The molecule has 0 bridgehead atoms. The Kier molecular flexibility index (Phi) is 4.36. The van der Waals surface area contributed by atoms with E-state index in [9.17, 15) is 18.4 Å². The number of nitrogens with two attached hydrogens (primary N) is 1. The molecule has 18 heavy (non-hydrogen) atoms. The van der Waals surface area contributed by atoms with Gasteiger partial charge in [0.15, 0.2) is 0 Å². The predicted octanol–water partition coefficient (Wildman–Crippen LogP) is 1.20. The van der Waals surface area contributed by atoms with Crippen LogP contribution in [0.2, 0.25) is 0 Å². The number of nitrogens with one attached hydrogen (secondary N) is 1. The van der Waals surface area contributed by atoms with Gasteiger partial charge in [-0.15, -0.1) is 0 Å². The molecule has 3 N–H and O–H groups in total. The molecule has 0 saturated carbocycles. The van der Waals surface area contributed by atoms with Crippen LogP contribution in [0, 0.1) is 17.6 Å². The van der Waals surface area contributed by atoms with Crippen molar-refractivity contribution in [3.05, 3.63) is 35.4 Å². The lowest BCUT2D eigenvalue weighted by atomic mass is 10.0. The predicted molar refractivity (Wildman–Crippen MR) is 61.6 cm³/mol. The molecule has 1 aromatic rings. The van der Waals surface area contributed by atoms with E-state index in [4.69, 9.17) is 5.73 Å². The summed E-state index contributed by atoms with van der Waals surface area (Å²) in [6.45, 7) is 3.38. The maximum Gasteiger partial charge on any atom is 0.254 e. The average Bonchev–Trinajstić information content (AvgIpc) is 2.24. The summed E-state index contributed by atoms with van der Waals surface area (Å²) in [5.74, 6) is -3.50. The van der Waals surface area contributed by atoms with Gasteiger partial charge in [0.25, 0.3) is 5.91 Å². The van der Waals surface area contributed by atoms with Crippen LogP contribution in [0.3, 0.4) is 0 Å². The van der Waals surface area contributed by atoms with Gasteiger partial charge in [-0.3, -0.25) is 9.59 Å². The SMILES string of the molecule is CC(C)[C@H](NC(=O)c1ccc(F)cc1F)C(N)=O. The van der Waals surface area contributed by atoms with Gasteiger partial charge in [-0.2, -0.15) is 0 Å². The lowest BCUT2D eigenvalue weighted by molar-refractivity contribution is -0.120. The molecule has 98 valence electrons. The molecule has 1 rings (SSSR count). The molecule has 4 nitrogen and oxygen atoms in total. The molecule has 0 spiro atoms. The Bertz CT molecular complexity index is 475.